The van der Waals surface area contributed by atoms with Gasteiger partial charge in [0.2, 0.25) is 0 Å². The van der Waals surface area contributed by atoms with Crippen LogP contribution >= 0.6 is 0 Å². The highest BCUT2D eigenvalue weighted by Crippen LogP contribution is 2.31. The Hall–Kier alpha value is -2.29. The maximum absolute atomic E-state index is 12.7. The normalized spacial score (nSPS) is 16.3. The molecule has 1 saturated heterocycles. The second-order valence-corrected chi connectivity index (χ2v) is 5.02. The van der Waals surface area contributed by atoms with Crippen molar-refractivity contribution in [2.45, 2.75) is 32.2 Å². The molecule has 23 heavy (non-hydrogen) atoms. The minimum absolute atomic E-state index is 0.151. The van der Waals surface area contributed by atoms with Crippen LogP contribution in [0.15, 0.2) is 24.3 Å². The molecule has 0 atom stereocenters. The number of rotatable bonds is 5. The number of urea groups is 2. The van der Waals surface area contributed by atoms with E-state index in [1.807, 2.05) is 6.92 Å². The van der Waals surface area contributed by atoms with Crippen LogP contribution in [0.3, 0.4) is 0 Å². The molecule has 2 rings (SSSR count). The number of alkyl halides is 3. The summed E-state index contributed by atoms with van der Waals surface area (Å²) in [7, 11) is 0. The van der Waals surface area contributed by atoms with Crippen LogP contribution in [0.4, 0.5) is 28.4 Å². The molecule has 0 saturated carbocycles. The van der Waals surface area contributed by atoms with Crippen molar-refractivity contribution in [1.29, 1.82) is 0 Å². The van der Waals surface area contributed by atoms with Gasteiger partial charge in [0.05, 0.1) is 11.3 Å². The molecule has 3 N–H and O–H groups in total. The predicted molar refractivity (Wildman–Crippen MR) is 77.7 cm³/mol. The molecule has 0 aliphatic carbocycles. The van der Waals surface area contributed by atoms with Gasteiger partial charge >= 0.3 is 18.2 Å². The molecule has 1 heterocycles. The van der Waals surface area contributed by atoms with Crippen molar-refractivity contribution >= 4 is 17.7 Å². The first-order valence-corrected chi connectivity index (χ1v) is 7.14. The first-order chi connectivity index (χ1) is 10.8. The van der Waals surface area contributed by atoms with Crippen LogP contribution in [-0.4, -0.2) is 24.9 Å². The smallest absolute Gasteiger partial charge is 0.304 e. The van der Waals surface area contributed by atoms with Crippen LogP contribution in [0.5, 0.6) is 0 Å². The predicted octanol–water partition coefficient (Wildman–Crippen LogP) is 2.62. The van der Waals surface area contributed by atoms with Crippen molar-refractivity contribution in [2.24, 2.45) is 0 Å². The van der Waals surface area contributed by atoms with Crippen LogP contribution < -0.4 is 20.9 Å². The zero-order chi connectivity index (χ0) is 17.0. The second-order valence-electron chi connectivity index (χ2n) is 5.02. The lowest BCUT2D eigenvalue weighted by Crippen LogP contribution is -2.68. The zero-order valence-electron chi connectivity index (χ0n) is 12.4. The van der Waals surface area contributed by atoms with E-state index in [0.717, 1.165) is 31.0 Å². The SMILES string of the molecule is CCCCNC1NC(=O)N(c2cccc(C(F)(F)F)c2)C(=O)N1. The summed E-state index contributed by atoms with van der Waals surface area (Å²) < 4.78 is 38.2. The number of anilines is 1. The largest absolute Gasteiger partial charge is 0.416 e. The third kappa shape index (κ3) is 4.13. The number of halogens is 3. The molecule has 0 bridgehead atoms. The molecule has 4 amide bonds. The lowest BCUT2D eigenvalue weighted by molar-refractivity contribution is -0.137. The number of carbonyl (C=O) groups excluding carboxylic acids is 2. The molecule has 0 aromatic heterocycles. The molecule has 0 spiro atoms. The molecule has 126 valence electrons. The Balaban J connectivity index is 2.13. The summed E-state index contributed by atoms with van der Waals surface area (Å²) in [5, 5.41) is 7.87. The van der Waals surface area contributed by atoms with Crippen LogP contribution in [0.2, 0.25) is 0 Å². The topological polar surface area (TPSA) is 73.5 Å². The van der Waals surface area contributed by atoms with E-state index in [-0.39, 0.29) is 5.69 Å². The van der Waals surface area contributed by atoms with Crippen LogP contribution in [-0.2, 0) is 6.18 Å². The Morgan fingerprint density at radius 2 is 1.87 bits per heavy atom. The first kappa shape index (κ1) is 17.1. The Morgan fingerprint density at radius 3 is 2.43 bits per heavy atom. The number of hydrogen-bond donors (Lipinski definition) is 3. The van der Waals surface area contributed by atoms with Crippen molar-refractivity contribution < 1.29 is 22.8 Å². The lowest BCUT2D eigenvalue weighted by atomic mass is 10.2. The highest BCUT2D eigenvalue weighted by molar-refractivity contribution is 6.15. The first-order valence-electron chi connectivity index (χ1n) is 7.14. The van der Waals surface area contributed by atoms with E-state index in [0.29, 0.717) is 11.4 Å². The Bertz CT molecular complexity index is 574. The number of carbonyl (C=O) groups is 2. The fourth-order valence-electron chi connectivity index (χ4n) is 2.09. The van der Waals surface area contributed by atoms with Crippen LogP contribution in [0, 0.1) is 0 Å². The van der Waals surface area contributed by atoms with Gasteiger partial charge in [-0.15, -0.1) is 0 Å². The minimum atomic E-state index is -4.55. The number of imide groups is 1. The van der Waals surface area contributed by atoms with E-state index in [1.165, 1.54) is 6.07 Å². The molecule has 0 unspecified atom stereocenters. The molecule has 6 nitrogen and oxygen atoms in total. The maximum atomic E-state index is 12.7. The average molecular weight is 330 g/mol. The van der Waals surface area contributed by atoms with E-state index >= 15 is 0 Å². The fraction of sp³-hybridized carbons (Fsp3) is 0.429. The summed E-state index contributed by atoms with van der Waals surface area (Å²) >= 11 is 0. The minimum Gasteiger partial charge on any atom is -0.304 e. The van der Waals surface area contributed by atoms with E-state index in [2.05, 4.69) is 16.0 Å². The summed E-state index contributed by atoms with van der Waals surface area (Å²) in [6.07, 6.45) is -3.50. The van der Waals surface area contributed by atoms with Crippen molar-refractivity contribution in [3.05, 3.63) is 29.8 Å². The molecule has 0 radical (unpaired) electrons. The highest BCUT2D eigenvalue weighted by atomic mass is 19.4. The van der Waals surface area contributed by atoms with E-state index in [4.69, 9.17) is 0 Å². The van der Waals surface area contributed by atoms with Gasteiger partial charge < -0.3 is 10.6 Å². The number of nitrogens with one attached hydrogen (secondary N) is 3. The molecule has 9 heteroatoms. The van der Waals surface area contributed by atoms with Crippen molar-refractivity contribution in [3.8, 4) is 0 Å². The number of amides is 4. The van der Waals surface area contributed by atoms with Crippen LogP contribution in [0.1, 0.15) is 25.3 Å². The quantitative estimate of drug-likeness (QED) is 0.727. The third-order valence-corrected chi connectivity index (χ3v) is 3.25. The van der Waals surface area contributed by atoms with Crippen molar-refractivity contribution in [2.75, 3.05) is 11.4 Å². The van der Waals surface area contributed by atoms with Gasteiger partial charge in [0, 0.05) is 0 Å². The van der Waals surface area contributed by atoms with Crippen molar-refractivity contribution in [3.63, 3.8) is 0 Å². The lowest BCUT2D eigenvalue weighted by Gasteiger charge is -2.33. The van der Waals surface area contributed by atoms with E-state index in [9.17, 15) is 22.8 Å². The molecular formula is C14H17F3N4O2. The molecule has 1 aliphatic heterocycles. The van der Waals surface area contributed by atoms with E-state index in [1.54, 1.807) is 0 Å². The van der Waals surface area contributed by atoms with Gasteiger partial charge in [0.25, 0.3) is 0 Å². The Morgan fingerprint density at radius 1 is 1.22 bits per heavy atom. The maximum Gasteiger partial charge on any atom is 0.416 e. The summed E-state index contributed by atoms with van der Waals surface area (Å²) in [5.74, 6) is 0. The van der Waals surface area contributed by atoms with E-state index < -0.39 is 30.1 Å². The molecule has 1 aliphatic rings. The van der Waals surface area contributed by atoms with Gasteiger partial charge in [-0.2, -0.15) is 13.2 Å². The second kappa shape index (κ2) is 6.86. The molecule has 1 fully saturated rings. The van der Waals surface area contributed by atoms with Gasteiger partial charge in [0.1, 0.15) is 0 Å². The molecule has 1 aromatic rings. The summed E-state index contributed by atoms with van der Waals surface area (Å²) in [6, 6.07) is 2.45. The van der Waals surface area contributed by atoms with Gasteiger partial charge in [-0.05, 0) is 31.2 Å². The van der Waals surface area contributed by atoms with Crippen LogP contribution in [0.25, 0.3) is 0 Å². The number of unbranched alkanes of at least 4 members (excludes halogenated alkanes) is 1. The monoisotopic (exact) mass is 330 g/mol. The summed E-state index contributed by atoms with van der Waals surface area (Å²) in [5.41, 5.74) is -1.08. The summed E-state index contributed by atoms with van der Waals surface area (Å²) in [4.78, 5) is 24.7. The number of benzene rings is 1. The van der Waals surface area contributed by atoms with Gasteiger partial charge in [0.15, 0.2) is 6.29 Å². The van der Waals surface area contributed by atoms with Crippen molar-refractivity contribution in [1.82, 2.24) is 16.0 Å². The highest BCUT2D eigenvalue weighted by Gasteiger charge is 2.35. The van der Waals surface area contributed by atoms with Gasteiger partial charge in [-0.1, -0.05) is 19.4 Å². The summed E-state index contributed by atoms with van der Waals surface area (Å²) in [6.45, 7) is 2.58. The number of hydrogen-bond acceptors (Lipinski definition) is 3. The average Bonchev–Trinajstić information content (AvgIpc) is 2.46. The van der Waals surface area contributed by atoms with Gasteiger partial charge in [-0.25, -0.2) is 14.5 Å². The third-order valence-electron chi connectivity index (χ3n) is 3.25. The van der Waals surface area contributed by atoms with Gasteiger partial charge in [-0.3, -0.25) is 5.32 Å². The zero-order valence-corrected chi connectivity index (χ0v) is 12.4. The Labute approximate surface area is 131 Å². The fourth-order valence-corrected chi connectivity index (χ4v) is 2.09. The number of nitrogens with zero attached hydrogens (tertiary/aromatic N) is 1. The molecule has 1 aromatic carbocycles. The molecular weight excluding hydrogens is 313 g/mol. The standard InChI is InChI=1S/C14H17F3N4O2/c1-2-3-7-18-11-19-12(22)21(13(23)20-11)10-6-4-5-9(8-10)14(15,16)17/h4-6,8,11,18H,2-3,7H2,1H3,(H,19,22)(H,20,23). The Kier molecular flexibility index (Phi) is 5.09.